The lowest BCUT2D eigenvalue weighted by molar-refractivity contribution is -0.167. The van der Waals surface area contributed by atoms with E-state index < -0.39 is 47.0 Å². The molecular formula is C15H10N4O7. The molecule has 0 bridgehead atoms. The Kier molecular flexibility index (Phi) is 4.19. The van der Waals surface area contributed by atoms with E-state index in [0.717, 1.165) is 6.20 Å². The Balaban J connectivity index is 1.62. The van der Waals surface area contributed by atoms with Gasteiger partial charge in [-0.15, -0.1) is 0 Å². The average Bonchev–Trinajstić information content (AvgIpc) is 2.85. The third-order valence-corrected chi connectivity index (χ3v) is 3.41. The second-order valence-corrected chi connectivity index (χ2v) is 5.08. The van der Waals surface area contributed by atoms with E-state index in [1.54, 1.807) is 12.1 Å². The predicted octanol–water partition coefficient (Wildman–Crippen LogP) is -1.45. The quantitative estimate of drug-likeness (QED) is 0.564. The summed E-state index contributed by atoms with van der Waals surface area (Å²) in [6.07, 6.45) is 0.881. The van der Waals surface area contributed by atoms with Crippen molar-refractivity contribution in [2.75, 3.05) is 6.54 Å². The summed E-state index contributed by atoms with van der Waals surface area (Å²) in [7, 11) is 0. The smallest absolute Gasteiger partial charge is 0.341 e. The van der Waals surface area contributed by atoms with Crippen molar-refractivity contribution < 1.29 is 24.0 Å². The van der Waals surface area contributed by atoms with Crippen LogP contribution in [0.1, 0.15) is 31.1 Å². The SMILES string of the molecule is O=C(CNC(=O)c1c[nH]c(=O)[nH]c1=O)ON1C(=O)c2ccccc2C1=O. The summed E-state index contributed by atoms with van der Waals surface area (Å²) in [5.74, 6) is -3.67. The highest BCUT2D eigenvalue weighted by molar-refractivity contribution is 6.20. The Labute approximate surface area is 143 Å². The second kappa shape index (κ2) is 6.47. The van der Waals surface area contributed by atoms with E-state index in [1.165, 1.54) is 12.1 Å². The fourth-order valence-corrected chi connectivity index (χ4v) is 2.21. The fourth-order valence-electron chi connectivity index (χ4n) is 2.21. The molecule has 2 aromatic rings. The molecule has 3 N–H and O–H groups in total. The summed E-state index contributed by atoms with van der Waals surface area (Å²) in [6, 6.07) is 5.93. The molecule has 3 rings (SSSR count). The molecule has 3 amide bonds. The van der Waals surface area contributed by atoms with Crippen LogP contribution in [-0.4, -0.2) is 45.3 Å². The van der Waals surface area contributed by atoms with Crippen LogP contribution >= 0.6 is 0 Å². The van der Waals surface area contributed by atoms with Crippen LogP contribution in [-0.2, 0) is 9.63 Å². The standard InChI is InChI=1S/C15H10N4O7/c20-10(6-16-11(21)9-5-17-15(25)18-12(9)22)26-19-13(23)7-3-1-2-4-8(7)14(19)24/h1-5H,6H2,(H,16,21)(H2,17,18,22,25). The van der Waals surface area contributed by atoms with Crippen LogP contribution < -0.4 is 16.6 Å². The van der Waals surface area contributed by atoms with E-state index in [9.17, 15) is 28.8 Å². The number of hydroxylamine groups is 2. The Hall–Kier alpha value is -4.02. The van der Waals surface area contributed by atoms with Crippen molar-refractivity contribution in [2.45, 2.75) is 0 Å². The highest BCUT2D eigenvalue weighted by Gasteiger charge is 2.38. The number of aromatic nitrogens is 2. The third kappa shape index (κ3) is 3.00. The maximum Gasteiger partial charge on any atom is 0.352 e. The minimum Gasteiger partial charge on any atom is -0.341 e. The first-order valence-electron chi connectivity index (χ1n) is 7.17. The zero-order valence-electron chi connectivity index (χ0n) is 12.9. The molecular weight excluding hydrogens is 348 g/mol. The first kappa shape index (κ1) is 16.8. The normalized spacial score (nSPS) is 12.7. The molecule has 0 unspecified atom stereocenters. The van der Waals surface area contributed by atoms with Crippen LogP contribution in [0.3, 0.4) is 0 Å². The monoisotopic (exact) mass is 358 g/mol. The predicted molar refractivity (Wildman–Crippen MR) is 83.1 cm³/mol. The van der Waals surface area contributed by atoms with E-state index in [2.05, 4.69) is 10.3 Å². The van der Waals surface area contributed by atoms with Gasteiger partial charge in [-0.3, -0.25) is 24.2 Å². The maximum atomic E-state index is 12.0. The number of hydrogen-bond acceptors (Lipinski definition) is 7. The summed E-state index contributed by atoms with van der Waals surface area (Å²) < 4.78 is 0. The van der Waals surface area contributed by atoms with Gasteiger partial charge in [0, 0.05) is 6.20 Å². The molecule has 2 heterocycles. The first-order valence-corrected chi connectivity index (χ1v) is 7.17. The van der Waals surface area contributed by atoms with Crippen molar-refractivity contribution in [3.63, 3.8) is 0 Å². The topological polar surface area (TPSA) is 158 Å². The van der Waals surface area contributed by atoms with Gasteiger partial charge in [0.05, 0.1) is 11.1 Å². The molecule has 1 aromatic heterocycles. The van der Waals surface area contributed by atoms with E-state index in [1.807, 2.05) is 4.98 Å². The van der Waals surface area contributed by atoms with Crippen LogP contribution in [0.2, 0.25) is 0 Å². The van der Waals surface area contributed by atoms with Gasteiger partial charge in [0.1, 0.15) is 12.1 Å². The number of fused-ring (bicyclic) bond motifs is 1. The zero-order valence-corrected chi connectivity index (χ0v) is 12.9. The summed E-state index contributed by atoms with van der Waals surface area (Å²) in [4.78, 5) is 78.7. The summed E-state index contributed by atoms with van der Waals surface area (Å²) >= 11 is 0. The minimum absolute atomic E-state index is 0.0918. The first-order chi connectivity index (χ1) is 12.4. The summed E-state index contributed by atoms with van der Waals surface area (Å²) in [6.45, 7) is -0.717. The molecule has 0 fully saturated rings. The van der Waals surface area contributed by atoms with Crippen LogP contribution in [0, 0.1) is 0 Å². The van der Waals surface area contributed by atoms with Crippen molar-refractivity contribution in [3.8, 4) is 0 Å². The molecule has 1 aliphatic heterocycles. The van der Waals surface area contributed by atoms with Gasteiger partial charge in [0.2, 0.25) is 0 Å². The number of carbonyl (C=O) groups is 4. The van der Waals surface area contributed by atoms with Crippen molar-refractivity contribution in [1.29, 1.82) is 0 Å². The van der Waals surface area contributed by atoms with E-state index in [4.69, 9.17) is 4.84 Å². The molecule has 26 heavy (non-hydrogen) atoms. The lowest BCUT2D eigenvalue weighted by atomic mass is 10.1. The molecule has 0 saturated carbocycles. The molecule has 0 saturated heterocycles. The third-order valence-electron chi connectivity index (χ3n) is 3.41. The Bertz CT molecular complexity index is 1020. The molecule has 1 aromatic carbocycles. The van der Waals surface area contributed by atoms with Gasteiger partial charge in [-0.25, -0.2) is 9.59 Å². The molecule has 11 heteroatoms. The molecule has 11 nitrogen and oxygen atoms in total. The highest BCUT2D eigenvalue weighted by Crippen LogP contribution is 2.22. The van der Waals surface area contributed by atoms with Crippen molar-refractivity contribution >= 4 is 23.7 Å². The Morgan fingerprint density at radius 3 is 2.23 bits per heavy atom. The molecule has 132 valence electrons. The van der Waals surface area contributed by atoms with Crippen LogP contribution in [0.25, 0.3) is 0 Å². The molecule has 0 atom stereocenters. The van der Waals surface area contributed by atoms with Crippen molar-refractivity contribution in [1.82, 2.24) is 20.3 Å². The molecule has 1 aliphatic rings. The lowest BCUT2D eigenvalue weighted by Crippen LogP contribution is -2.39. The van der Waals surface area contributed by atoms with Crippen molar-refractivity contribution in [3.05, 3.63) is 68.0 Å². The largest absolute Gasteiger partial charge is 0.352 e. The molecule has 0 radical (unpaired) electrons. The van der Waals surface area contributed by atoms with Gasteiger partial charge < -0.3 is 15.1 Å². The fraction of sp³-hybridized carbons (Fsp3) is 0.0667. The van der Waals surface area contributed by atoms with E-state index >= 15 is 0 Å². The van der Waals surface area contributed by atoms with Crippen LogP contribution in [0.15, 0.2) is 40.1 Å². The summed E-state index contributed by atoms with van der Waals surface area (Å²) in [5, 5.41) is 2.38. The maximum absolute atomic E-state index is 12.0. The number of aromatic amines is 2. The minimum atomic E-state index is -1.10. The van der Waals surface area contributed by atoms with Gasteiger partial charge in [-0.1, -0.05) is 17.2 Å². The number of imide groups is 1. The van der Waals surface area contributed by atoms with Crippen LogP contribution in [0.5, 0.6) is 0 Å². The van der Waals surface area contributed by atoms with E-state index in [0.29, 0.717) is 5.06 Å². The summed E-state index contributed by atoms with van der Waals surface area (Å²) in [5.41, 5.74) is -1.99. The Morgan fingerprint density at radius 2 is 1.65 bits per heavy atom. The molecule has 0 aliphatic carbocycles. The second-order valence-electron chi connectivity index (χ2n) is 5.08. The number of H-pyrrole nitrogens is 2. The van der Waals surface area contributed by atoms with Gasteiger partial charge in [-0.2, -0.15) is 0 Å². The number of hydrogen-bond donors (Lipinski definition) is 3. The number of amides is 3. The lowest BCUT2D eigenvalue weighted by Gasteiger charge is -2.12. The van der Waals surface area contributed by atoms with Gasteiger partial charge in [-0.05, 0) is 12.1 Å². The molecule has 0 spiro atoms. The van der Waals surface area contributed by atoms with Gasteiger partial charge >= 0.3 is 11.7 Å². The number of carbonyl (C=O) groups excluding carboxylic acids is 4. The van der Waals surface area contributed by atoms with Gasteiger partial charge in [0.25, 0.3) is 23.3 Å². The average molecular weight is 358 g/mol. The zero-order chi connectivity index (χ0) is 18.8. The van der Waals surface area contributed by atoms with Crippen LogP contribution in [0.4, 0.5) is 0 Å². The highest BCUT2D eigenvalue weighted by atomic mass is 16.7. The number of nitrogens with one attached hydrogen (secondary N) is 3. The number of nitrogens with zero attached hydrogens (tertiary/aromatic N) is 1. The number of rotatable bonds is 4. The number of benzene rings is 1. The van der Waals surface area contributed by atoms with Gasteiger partial charge in [0.15, 0.2) is 0 Å². The van der Waals surface area contributed by atoms with Crippen molar-refractivity contribution in [2.24, 2.45) is 0 Å². The van der Waals surface area contributed by atoms with E-state index in [-0.39, 0.29) is 11.1 Å². The Morgan fingerprint density at radius 1 is 1.04 bits per heavy atom.